The first kappa shape index (κ1) is 13.6. The number of ketones is 1. The molecule has 1 aliphatic rings. The highest BCUT2D eigenvalue weighted by atomic mass is 35.5. The predicted octanol–water partition coefficient (Wildman–Crippen LogP) is 1.69. The van der Waals surface area contributed by atoms with Gasteiger partial charge in [-0.1, -0.05) is 6.07 Å². The van der Waals surface area contributed by atoms with E-state index in [0.29, 0.717) is 12.6 Å². The molecule has 1 aromatic heterocycles. The number of nitrogens with one attached hydrogen (secondary N) is 2. The van der Waals surface area contributed by atoms with Crippen LogP contribution in [0.5, 0.6) is 0 Å². The summed E-state index contributed by atoms with van der Waals surface area (Å²) in [5.41, 5.74) is 0. The summed E-state index contributed by atoms with van der Waals surface area (Å²) >= 11 is 1.51. The minimum absolute atomic E-state index is 0. The number of rotatable bonds is 4. The van der Waals surface area contributed by atoms with Gasteiger partial charge in [-0.3, -0.25) is 4.79 Å². The molecule has 0 saturated carbocycles. The van der Waals surface area contributed by atoms with E-state index in [9.17, 15) is 4.79 Å². The van der Waals surface area contributed by atoms with Crippen LogP contribution in [0.1, 0.15) is 22.5 Å². The third-order valence-electron chi connectivity index (χ3n) is 2.64. The molecule has 1 aliphatic heterocycles. The fourth-order valence-electron chi connectivity index (χ4n) is 1.79. The SMILES string of the molecule is Cl.O=C(CN[C@@H]1CCCNC1)c1cccs1. The summed E-state index contributed by atoms with van der Waals surface area (Å²) in [4.78, 5) is 12.5. The first-order valence-electron chi connectivity index (χ1n) is 5.37. The maximum Gasteiger partial charge on any atom is 0.186 e. The number of thiophene rings is 1. The molecular weight excluding hydrogens is 244 g/mol. The van der Waals surface area contributed by atoms with Gasteiger partial charge >= 0.3 is 0 Å². The third kappa shape index (κ3) is 3.87. The van der Waals surface area contributed by atoms with Gasteiger partial charge in [-0.15, -0.1) is 23.7 Å². The number of halogens is 1. The van der Waals surface area contributed by atoms with E-state index < -0.39 is 0 Å². The van der Waals surface area contributed by atoms with Crippen molar-refractivity contribution in [1.29, 1.82) is 0 Å². The zero-order valence-electron chi connectivity index (χ0n) is 9.07. The fourth-order valence-corrected chi connectivity index (χ4v) is 2.45. The Kier molecular flexibility index (Phi) is 5.98. The van der Waals surface area contributed by atoms with Crippen LogP contribution in [0.25, 0.3) is 0 Å². The van der Waals surface area contributed by atoms with Gasteiger partial charge in [0, 0.05) is 12.6 Å². The van der Waals surface area contributed by atoms with Crippen molar-refractivity contribution in [2.45, 2.75) is 18.9 Å². The van der Waals surface area contributed by atoms with Crippen LogP contribution in [0.4, 0.5) is 0 Å². The van der Waals surface area contributed by atoms with Crippen LogP contribution in [0.2, 0.25) is 0 Å². The van der Waals surface area contributed by atoms with Gasteiger partial charge in [0.25, 0.3) is 0 Å². The van der Waals surface area contributed by atoms with Gasteiger partial charge < -0.3 is 10.6 Å². The molecule has 2 heterocycles. The van der Waals surface area contributed by atoms with Crippen molar-refractivity contribution in [3.05, 3.63) is 22.4 Å². The van der Waals surface area contributed by atoms with Crippen LogP contribution in [0, 0.1) is 0 Å². The first-order valence-corrected chi connectivity index (χ1v) is 6.25. The van der Waals surface area contributed by atoms with Gasteiger partial charge in [0.05, 0.1) is 11.4 Å². The number of hydrogen-bond acceptors (Lipinski definition) is 4. The molecule has 2 rings (SSSR count). The molecule has 5 heteroatoms. The number of piperidine rings is 1. The Labute approximate surface area is 106 Å². The average molecular weight is 261 g/mol. The van der Waals surface area contributed by atoms with E-state index in [0.717, 1.165) is 18.0 Å². The summed E-state index contributed by atoms with van der Waals surface area (Å²) < 4.78 is 0. The zero-order valence-corrected chi connectivity index (χ0v) is 10.7. The Morgan fingerprint density at radius 1 is 1.62 bits per heavy atom. The zero-order chi connectivity index (χ0) is 10.5. The standard InChI is InChI=1S/C11H16N2OS.ClH/c14-10(11-4-2-6-15-11)8-13-9-3-1-5-12-7-9;/h2,4,6,9,12-13H,1,3,5,7-8H2;1H/t9-;/m1./s1. The third-order valence-corrected chi connectivity index (χ3v) is 3.56. The molecule has 0 bridgehead atoms. The van der Waals surface area contributed by atoms with Crippen LogP contribution >= 0.6 is 23.7 Å². The molecule has 1 aromatic rings. The Balaban J connectivity index is 0.00000128. The Morgan fingerprint density at radius 2 is 2.50 bits per heavy atom. The number of carbonyl (C=O) groups is 1. The van der Waals surface area contributed by atoms with Crippen LogP contribution in [-0.4, -0.2) is 31.5 Å². The lowest BCUT2D eigenvalue weighted by Crippen LogP contribution is -2.44. The molecule has 3 nitrogen and oxygen atoms in total. The quantitative estimate of drug-likeness (QED) is 0.810. The second kappa shape index (κ2) is 7.01. The lowest BCUT2D eigenvalue weighted by molar-refractivity contribution is 0.0989. The van der Waals surface area contributed by atoms with Gasteiger partial charge in [-0.05, 0) is 30.8 Å². The lowest BCUT2D eigenvalue weighted by Gasteiger charge is -2.23. The van der Waals surface area contributed by atoms with Gasteiger partial charge in [0.15, 0.2) is 5.78 Å². The molecule has 0 spiro atoms. The summed E-state index contributed by atoms with van der Waals surface area (Å²) in [6, 6.07) is 4.26. The summed E-state index contributed by atoms with van der Waals surface area (Å²) in [5.74, 6) is 0.204. The highest BCUT2D eigenvalue weighted by molar-refractivity contribution is 7.12. The van der Waals surface area contributed by atoms with Crippen molar-refractivity contribution < 1.29 is 4.79 Å². The number of Topliss-reactive ketones (excluding diaryl/α,β-unsaturated/α-hetero) is 1. The second-order valence-electron chi connectivity index (χ2n) is 3.82. The molecule has 90 valence electrons. The summed E-state index contributed by atoms with van der Waals surface area (Å²) in [5, 5.41) is 8.57. The Hall–Kier alpha value is -0.420. The van der Waals surface area contributed by atoms with E-state index >= 15 is 0 Å². The molecule has 0 radical (unpaired) electrons. The number of carbonyl (C=O) groups excluding carboxylic acids is 1. The Morgan fingerprint density at radius 3 is 3.12 bits per heavy atom. The van der Waals surface area contributed by atoms with Gasteiger partial charge in [0.1, 0.15) is 0 Å². The molecule has 1 atom stereocenters. The van der Waals surface area contributed by atoms with Crippen molar-refractivity contribution in [3.63, 3.8) is 0 Å². The lowest BCUT2D eigenvalue weighted by atomic mass is 10.1. The molecule has 2 N–H and O–H groups in total. The van der Waals surface area contributed by atoms with Gasteiger partial charge in [0.2, 0.25) is 0 Å². The fraction of sp³-hybridized carbons (Fsp3) is 0.545. The van der Waals surface area contributed by atoms with Crippen molar-refractivity contribution in [2.75, 3.05) is 19.6 Å². The van der Waals surface area contributed by atoms with Crippen LogP contribution < -0.4 is 10.6 Å². The van der Waals surface area contributed by atoms with E-state index in [1.165, 1.54) is 24.2 Å². The molecule has 16 heavy (non-hydrogen) atoms. The van der Waals surface area contributed by atoms with E-state index in [1.807, 2.05) is 17.5 Å². The van der Waals surface area contributed by atoms with E-state index in [-0.39, 0.29) is 18.2 Å². The van der Waals surface area contributed by atoms with Crippen molar-refractivity contribution >= 4 is 29.5 Å². The normalized spacial score (nSPS) is 20.1. The van der Waals surface area contributed by atoms with E-state index in [2.05, 4.69) is 10.6 Å². The maximum absolute atomic E-state index is 11.7. The molecule has 1 saturated heterocycles. The molecule has 0 aromatic carbocycles. The highest BCUT2D eigenvalue weighted by Gasteiger charge is 2.14. The monoisotopic (exact) mass is 260 g/mol. The maximum atomic E-state index is 11.7. The average Bonchev–Trinajstić information content (AvgIpc) is 2.81. The predicted molar refractivity (Wildman–Crippen MR) is 69.8 cm³/mol. The summed E-state index contributed by atoms with van der Waals surface area (Å²) in [6.07, 6.45) is 2.37. The largest absolute Gasteiger partial charge is 0.315 e. The minimum Gasteiger partial charge on any atom is -0.315 e. The topological polar surface area (TPSA) is 41.1 Å². The van der Waals surface area contributed by atoms with E-state index in [4.69, 9.17) is 0 Å². The molecule has 0 amide bonds. The first-order chi connectivity index (χ1) is 7.36. The van der Waals surface area contributed by atoms with Crippen LogP contribution in [0.15, 0.2) is 17.5 Å². The van der Waals surface area contributed by atoms with Crippen molar-refractivity contribution in [1.82, 2.24) is 10.6 Å². The van der Waals surface area contributed by atoms with Crippen molar-refractivity contribution in [2.24, 2.45) is 0 Å². The van der Waals surface area contributed by atoms with Crippen LogP contribution in [0.3, 0.4) is 0 Å². The molecule has 1 fully saturated rings. The van der Waals surface area contributed by atoms with E-state index in [1.54, 1.807) is 0 Å². The minimum atomic E-state index is 0. The van der Waals surface area contributed by atoms with Crippen molar-refractivity contribution in [3.8, 4) is 0 Å². The second-order valence-corrected chi connectivity index (χ2v) is 4.77. The van der Waals surface area contributed by atoms with Gasteiger partial charge in [-0.25, -0.2) is 0 Å². The van der Waals surface area contributed by atoms with Crippen LogP contribution in [-0.2, 0) is 0 Å². The molecule has 0 aliphatic carbocycles. The Bertz CT molecular complexity index is 310. The highest BCUT2D eigenvalue weighted by Crippen LogP contribution is 2.09. The molecule has 0 unspecified atom stereocenters. The van der Waals surface area contributed by atoms with Gasteiger partial charge in [-0.2, -0.15) is 0 Å². The number of hydrogen-bond donors (Lipinski definition) is 2. The summed E-state index contributed by atoms with van der Waals surface area (Å²) in [7, 11) is 0. The molecular formula is C11H17ClN2OS. The smallest absolute Gasteiger partial charge is 0.186 e. The summed E-state index contributed by atoms with van der Waals surface area (Å²) in [6.45, 7) is 2.56.